The first-order chi connectivity index (χ1) is 19.9. The number of hydrogen-bond donors (Lipinski definition) is 3. The van der Waals surface area contributed by atoms with Gasteiger partial charge in [0.05, 0.1) is 29.3 Å². The van der Waals surface area contributed by atoms with E-state index in [2.05, 4.69) is 53.2 Å². The smallest absolute Gasteiger partial charge is 0.258 e. The number of nitrogens with one attached hydrogen (secondary N) is 3. The Labute approximate surface area is 242 Å². The molecule has 212 valence electrons. The molecule has 1 fully saturated rings. The molecule has 0 bridgehead atoms. The third kappa shape index (κ3) is 7.68. The molecule has 3 amide bonds. The molecule has 3 N–H and O–H groups in total. The van der Waals surface area contributed by atoms with Gasteiger partial charge in [-0.2, -0.15) is 0 Å². The van der Waals surface area contributed by atoms with Gasteiger partial charge in [-0.15, -0.1) is 11.3 Å². The van der Waals surface area contributed by atoms with Gasteiger partial charge >= 0.3 is 0 Å². The molecular weight excluding hydrogens is 540 g/mol. The molecule has 3 aromatic carbocycles. The number of hydrogen-bond acceptors (Lipinski definition) is 8. The van der Waals surface area contributed by atoms with E-state index in [0.29, 0.717) is 44.9 Å². The molecule has 1 aromatic heterocycles. The molecule has 0 aliphatic carbocycles. The van der Waals surface area contributed by atoms with Gasteiger partial charge < -0.3 is 20.1 Å². The molecule has 1 atom stereocenters. The maximum Gasteiger partial charge on any atom is 0.258 e. The van der Waals surface area contributed by atoms with Crippen molar-refractivity contribution >= 4 is 45.0 Å². The van der Waals surface area contributed by atoms with E-state index in [0.717, 1.165) is 27.3 Å². The van der Waals surface area contributed by atoms with E-state index in [1.165, 1.54) is 10.3 Å². The van der Waals surface area contributed by atoms with Gasteiger partial charge in [0.1, 0.15) is 10.8 Å². The molecule has 0 spiro atoms. The van der Waals surface area contributed by atoms with Crippen LogP contribution >= 0.6 is 11.3 Å². The summed E-state index contributed by atoms with van der Waals surface area (Å²) in [4.78, 5) is 40.2. The van der Waals surface area contributed by atoms with Crippen LogP contribution in [0, 0.1) is 6.92 Å². The highest BCUT2D eigenvalue weighted by atomic mass is 32.1. The number of amides is 3. The number of thiazole rings is 1. The van der Waals surface area contributed by atoms with Gasteiger partial charge in [-0.25, -0.2) is 4.98 Å². The molecule has 4 aromatic rings. The molecule has 1 aliphatic heterocycles. The highest BCUT2D eigenvalue weighted by molar-refractivity contribution is 7.21. The second-order valence-electron chi connectivity index (χ2n) is 9.82. The number of benzene rings is 3. The largest absolute Gasteiger partial charge is 0.484 e. The third-order valence-electron chi connectivity index (χ3n) is 6.71. The Hall–Kier alpha value is -4.28. The summed E-state index contributed by atoms with van der Waals surface area (Å²) in [5.74, 6) is -0.582. The molecule has 10 heteroatoms. The van der Waals surface area contributed by atoms with Crippen LogP contribution in [0.4, 0.5) is 5.69 Å². The summed E-state index contributed by atoms with van der Waals surface area (Å²) in [6.07, 6.45) is 0.819. The third-order valence-corrected chi connectivity index (χ3v) is 7.78. The number of aromatic nitrogens is 1. The number of anilines is 1. The molecule has 1 saturated heterocycles. The van der Waals surface area contributed by atoms with E-state index in [-0.39, 0.29) is 30.2 Å². The Morgan fingerprint density at radius 1 is 1.02 bits per heavy atom. The predicted molar refractivity (Wildman–Crippen MR) is 159 cm³/mol. The van der Waals surface area contributed by atoms with Crippen LogP contribution in [0.1, 0.15) is 29.9 Å². The van der Waals surface area contributed by atoms with Crippen molar-refractivity contribution in [1.29, 1.82) is 0 Å². The minimum absolute atomic E-state index is 0.119. The summed E-state index contributed by atoms with van der Waals surface area (Å²) in [7, 11) is 0. The van der Waals surface area contributed by atoms with Gasteiger partial charge in [0.2, 0.25) is 11.8 Å². The fourth-order valence-electron chi connectivity index (χ4n) is 4.53. The zero-order valence-electron chi connectivity index (χ0n) is 22.8. The monoisotopic (exact) mass is 572 g/mol. The zero-order valence-corrected chi connectivity index (χ0v) is 23.6. The molecule has 0 radical (unpaired) electrons. The van der Waals surface area contributed by atoms with E-state index in [1.807, 2.05) is 12.1 Å². The number of imide groups is 1. The number of piperidine rings is 1. The van der Waals surface area contributed by atoms with Crippen LogP contribution in [0.5, 0.6) is 5.75 Å². The molecule has 0 saturated carbocycles. The summed E-state index contributed by atoms with van der Waals surface area (Å²) < 4.78 is 12.3. The zero-order chi connectivity index (χ0) is 28.6. The standard InChI is InChI=1S/C31H32N4O5S/c1-20-2-12-26-27(18-20)41-31(34-26)22-3-7-23(8-4-22)32-14-16-39-17-15-33-29(37)19-40-24-9-5-21(6-10-24)25-11-13-28(36)35-30(25)38/h2-10,12,18,25,32H,11,13-17,19H2,1H3,(H,33,37)(H,35,36,38). The molecular formula is C31H32N4O5S. The van der Waals surface area contributed by atoms with Crippen molar-refractivity contribution in [3.63, 3.8) is 0 Å². The number of nitrogens with zero attached hydrogens (tertiary/aromatic N) is 1. The Morgan fingerprint density at radius 2 is 1.80 bits per heavy atom. The predicted octanol–water partition coefficient (Wildman–Crippen LogP) is 4.42. The van der Waals surface area contributed by atoms with Gasteiger partial charge in [-0.3, -0.25) is 19.7 Å². The average Bonchev–Trinajstić information content (AvgIpc) is 3.39. The minimum atomic E-state index is -0.347. The number of carbonyl (C=O) groups excluding carboxylic acids is 3. The van der Waals surface area contributed by atoms with Gasteiger partial charge in [-0.1, -0.05) is 18.2 Å². The van der Waals surface area contributed by atoms with Crippen LogP contribution < -0.4 is 20.7 Å². The van der Waals surface area contributed by atoms with Crippen molar-refractivity contribution in [2.75, 3.05) is 38.2 Å². The van der Waals surface area contributed by atoms with Crippen molar-refractivity contribution < 1.29 is 23.9 Å². The SMILES string of the molecule is Cc1ccc2nc(-c3ccc(NCCOCCNC(=O)COc4ccc(C5CCC(=O)NC5=O)cc4)cc3)sc2c1. The first-order valence-electron chi connectivity index (χ1n) is 13.6. The number of fused-ring (bicyclic) bond motifs is 1. The minimum Gasteiger partial charge on any atom is -0.484 e. The van der Waals surface area contributed by atoms with Crippen LogP contribution in [0.25, 0.3) is 20.8 Å². The lowest BCUT2D eigenvalue weighted by atomic mass is 9.90. The van der Waals surface area contributed by atoms with Crippen molar-refractivity contribution in [3.8, 4) is 16.3 Å². The average molecular weight is 573 g/mol. The summed E-state index contributed by atoms with van der Waals surface area (Å²) in [6.45, 7) is 3.89. The van der Waals surface area contributed by atoms with E-state index in [9.17, 15) is 14.4 Å². The van der Waals surface area contributed by atoms with Crippen LogP contribution in [-0.4, -0.2) is 55.6 Å². The fraction of sp³-hybridized carbons (Fsp3) is 0.290. The molecule has 9 nitrogen and oxygen atoms in total. The fourth-order valence-corrected chi connectivity index (χ4v) is 5.60. The topological polar surface area (TPSA) is 119 Å². The second kappa shape index (κ2) is 13.4. The Balaban J connectivity index is 0.940. The van der Waals surface area contributed by atoms with Crippen molar-refractivity contribution in [1.82, 2.24) is 15.6 Å². The lowest BCUT2D eigenvalue weighted by Gasteiger charge is -2.21. The van der Waals surface area contributed by atoms with Crippen molar-refractivity contribution in [3.05, 3.63) is 77.9 Å². The van der Waals surface area contributed by atoms with Gasteiger partial charge in [0, 0.05) is 30.8 Å². The highest BCUT2D eigenvalue weighted by Gasteiger charge is 2.27. The van der Waals surface area contributed by atoms with Gasteiger partial charge in [-0.05, 0) is 73.0 Å². The maximum absolute atomic E-state index is 12.1. The Bertz CT molecular complexity index is 1520. The number of ether oxygens (including phenoxy) is 2. The van der Waals surface area contributed by atoms with Crippen LogP contribution in [-0.2, 0) is 19.1 Å². The van der Waals surface area contributed by atoms with E-state index in [4.69, 9.17) is 14.5 Å². The van der Waals surface area contributed by atoms with E-state index >= 15 is 0 Å². The van der Waals surface area contributed by atoms with Crippen LogP contribution in [0.3, 0.4) is 0 Å². The highest BCUT2D eigenvalue weighted by Crippen LogP contribution is 2.31. The molecule has 1 aliphatic rings. The van der Waals surface area contributed by atoms with Gasteiger partial charge in [0.25, 0.3) is 5.91 Å². The quantitative estimate of drug-likeness (QED) is 0.170. The summed E-state index contributed by atoms with van der Waals surface area (Å²) in [5.41, 5.74) is 5.17. The molecule has 41 heavy (non-hydrogen) atoms. The molecule has 2 heterocycles. The number of aryl methyl sites for hydroxylation is 1. The van der Waals surface area contributed by atoms with Crippen LogP contribution in [0.15, 0.2) is 66.7 Å². The van der Waals surface area contributed by atoms with E-state index < -0.39 is 0 Å². The first-order valence-corrected chi connectivity index (χ1v) is 14.4. The Kier molecular flexibility index (Phi) is 9.22. The lowest BCUT2D eigenvalue weighted by Crippen LogP contribution is -2.39. The summed E-state index contributed by atoms with van der Waals surface area (Å²) >= 11 is 1.70. The summed E-state index contributed by atoms with van der Waals surface area (Å²) in [5, 5.41) is 9.48. The number of carbonyl (C=O) groups is 3. The Morgan fingerprint density at radius 3 is 2.59 bits per heavy atom. The van der Waals surface area contributed by atoms with Gasteiger partial charge in [0.15, 0.2) is 6.61 Å². The second-order valence-corrected chi connectivity index (χ2v) is 10.8. The summed E-state index contributed by atoms with van der Waals surface area (Å²) in [6, 6.07) is 21.5. The van der Waals surface area contributed by atoms with Crippen LogP contribution in [0.2, 0.25) is 0 Å². The normalized spacial score (nSPS) is 15.0. The first kappa shape index (κ1) is 28.3. The number of rotatable bonds is 12. The maximum atomic E-state index is 12.1. The van der Waals surface area contributed by atoms with E-state index in [1.54, 1.807) is 35.6 Å². The van der Waals surface area contributed by atoms with Crippen molar-refractivity contribution in [2.24, 2.45) is 0 Å². The lowest BCUT2D eigenvalue weighted by molar-refractivity contribution is -0.134. The van der Waals surface area contributed by atoms with Crippen molar-refractivity contribution in [2.45, 2.75) is 25.7 Å². The molecule has 5 rings (SSSR count). The molecule has 1 unspecified atom stereocenters.